The third kappa shape index (κ3) is 14.1. The van der Waals surface area contributed by atoms with Crippen molar-refractivity contribution in [1.29, 1.82) is 10.5 Å². The second-order valence-corrected chi connectivity index (χ2v) is 27.3. The first kappa shape index (κ1) is 68.2. The molecular weight excluding hydrogens is 1370 g/mol. The Kier molecular flexibility index (Phi) is 18.7. The number of nitriles is 2. The van der Waals surface area contributed by atoms with Crippen molar-refractivity contribution < 1.29 is 0 Å². The van der Waals surface area contributed by atoms with Crippen LogP contribution in [0.2, 0.25) is 0 Å². The summed E-state index contributed by atoms with van der Waals surface area (Å²) in [6.07, 6.45) is 10.8. The summed E-state index contributed by atoms with van der Waals surface area (Å²) in [6.45, 7) is 0. The van der Waals surface area contributed by atoms with E-state index in [9.17, 15) is 10.5 Å². The van der Waals surface area contributed by atoms with Gasteiger partial charge >= 0.3 is 0 Å². The first-order chi connectivity index (χ1) is 55.4. The van der Waals surface area contributed by atoms with Crippen LogP contribution in [0.15, 0.2) is 389 Å². The molecule has 0 saturated carbocycles. The van der Waals surface area contributed by atoms with Crippen LogP contribution in [0, 0.1) is 22.7 Å². The molecule has 0 atom stereocenters. The van der Waals surface area contributed by atoms with Gasteiger partial charge in [-0.15, -0.1) is 0 Å². The van der Waals surface area contributed by atoms with Crippen LogP contribution in [-0.2, 0) is 0 Å². The molecule has 10 nitrogen and oxygen atoms in total. The number of benzene rings is 11. The van der Waals surface area contributed by atoms with E-state index in [0.717, 1.165) is 189 Å². The van der Waals surface area contributed by atoms with E-state index in [1.165, 1.54) is 0 Å². The van der Waals surface area contributed by atoms with Gasteiger partial charge in [-0.1, -0.05) is 224 Å². The van der Waals surface area contributed by atoms with Crippen LogP contribution in [0.5, 0.6) is 0 Å². The van der Waals surface area contributed by atoms with E-state index >= 15 is 0 Å². The van der Waals surface area contributed by atoms with Crippen molar-refractivity contribution in [2.75, 3.05) is 0 Å². The predicted molar refractivity (Wildman–Crippen MR) is 453 cm³/mol. The van der Waals surface area contributed by atoms with Gasteiger partial charge in [0.05, 0.1) is 80.0 Å². The standard InChI is InChI=1S/C53H33N5.C49H31N5/c54-34-35-29-41(36-18-22-39(23-19-36)46-13-7-9-40-10-8-28-57-53(40)46)31-43(30-35)45-25-24-44(47-11-1-2-12-48(45)47)38-20-16-37(17-21-38)42-32-51(49-14-3-5-26-55-49)58-52(33-42)50-15-4-6-27-56-50;50-32-33-27-38(34-16-20-37(21-17-34)45-11-3-6-24-51-45)29-40(28-33)42-23-22-41(43-9-1-2-10-44(42)43)36-18-14-35(15-19-36)39-30-48(46-12-4-7-25-52-46)54-49(31-39)47-13-5-8-26-53-47/h1-33H;1-31H. The van der Waals surface area contributed by atoms with Crippen LogP contribution < -0.4 is 0 Å². The molecule has 8 aromatic heterocycles. The van der Waals surface area contributed by atoms with Gasteiger partial charge < -0.3 is 0 Å². The maximum absolute atomic E-state index is 10.2. The molecule has 10 heteroatoms. The Balaban J connectivity index is 0.000000157. The molecule has 19 rings (SSSR count). The first-order valence-electron chi connectivity index (χ1n) is 36.9. The molecule has 0 fully saturated rings. The lowest BCUT2D eigenvalue weighted by molar-refractivity contribution is 1.22. The number of fused-ring (bicyclic) bond motifs is 3. The lowest BCUT2D eigenvalue weighted by Crippen LogP contribution is -1.94. The summed E-state index contributed by atoms with van der Waals surface area (Å²) in [5.74, 6) is 0. The van der Waals surface area contributed by atoms with Crippen LogP contribution in [0.3, 0.4) is 0 Å². The quantitative estimate of drug-likeness (QED) is 0.103. The van der Waals surface area contributed by atoms with E-state index in [0.29, 0.717) is 11.1 Å². The Hall–Kier alpha value is -15.6. The predicted octanol–water partition coefficient (Wildman–Crippen LogP) is 25.1. The summed E-state index contributed by atoms with van der Waals surface area (Å²) in [5, 5.41) is 25.9. The first-order valence-corrected chi connectivity index (χ1v) is 36.9. The summed E-state index contributed by atoms with van der Waals surface area (Å²) in [4.78, 5) is 37.3. The monoisotopic (exact) mass is 1430 g/mol. The van der Waals surface area contributed by atoms with Gasteiger partial charge in [-0.3, -0.25) is 29.9 Å². The molecule has 0 aliphatic rings. The van der Waals surface area contributed by atoms with Gasteiger partial charge in [-0.05, 0) is 244 Å². The Bertz CT molecular complexity index is 6650. The molecule has 0 aliphatic carbocycles. The van der Waals surface area contributed by atoms with Gasteiger partial charge in [-0.2, -0.15) is 10.5 Å². The normalized spacial score (nSPS) is 11.0. The number of pyridine rings is 8. The molecule has 19 aromatic rings. The fourth-order valence-electron chi connectivity index (χ4n) is 14.8. The van der Waals surface area contributed by atoms with Crippen LogP contribution >= 0.6 is 0 Å². The Morgan fingerprint density at radius 2 is 0.464 bits per heavy atom. The van der Waals surface area contributed by atoms with Gasteiger partial charge in [0, 0.05) is 53.7 Å². The van der Waals surface area contributed by atoms with Crippen molar-refractivity contribution in [2.24, 2.45) is 0 Å². The molecule has 0 bridgehead atoms. The van der Waals surface area contributed by atoms with Crippen molar-refractivity contribution >= 4 is 32.4 Å². The molecule has 0 spiro atoms. The summed E-state index contributed by atoms with van der Waals surface area (Å²) < 4.78 is 0. The summed E-state index contributed by atoms with van der Waals surface area (Å²) in [7, 11) is 0. The Labute approximate surface area is 648 Å². The van der Waals surface area contributed by atoms with Crippen molar-refractivity contribution in [2.45, 2.75) is 0 Å². The lowest BCUT2D eigenvalue weighted by atomic mass is 9.89. The summed E-state index contributed by atoms with van der Waals surface area (Å²) in [6, 6.07) is 125. The smallest absolute Gasteiger partial charge is 0.0992 e. The number of hydrogen-bond donors (Lipinski definition) is 0. The maximum Gasteiger partial charge on any atom is 0.0992 e. The number of para-hydroxylation sites is 1. The molecule has 0 amide bonds. The minimum Gasteiger partial charge on any atom is -0.256 e. The second kappa shape index (κ2) is 30.7. The highest BCUT2D eigenvalue weighted by molar-refractivity contribution is 6.07. The topological polar surface area (TPSA) is 151 Å². The highest BCUT2D eigenvalue weighted by Gasteiger charge is 2.19. The van der Waals surface area contributed by atoms with Gasteiger partial charge in [-0.25, -0.2) is 9.97 Å². The molecule has 0 N–H and O–H groups in total. The molecular formula is C102H64N10. The minimum absolute atomic E-state index is 0.618. The molecule has 11 aromatic carbocycles. The van der Waals surface area contributed by atoms with E-state index < -0.39 is 0 Å². The van der Waals surface area contributed by atoms with Crippen molar-refractivity contribution in [3.63, 3.8) is 0 Å². The van der Waals surface area contributed by atoms with E-state index in [1.807, 2.05) is 128 Å². The number of aromatic nitrogens is 8. The fraction of sp³-hybridized carbons (Fsp3) is 0. The molecule has 0 unspecified atom stereocenters. The van der Waals surface area contributed by atoms with Crippen LogP contribution in [0.4, 0.5) is 0 Å². The molecule has 0 aliphatic heterocycles. The average molecular weight is 1430 g/mol. The second-order valence-electron chi connectivity index (χ2n) is 27.3. The molecule has 112 heavy (non-hydrogen) atoms. The number of rotatable bonds is 14. The Morgan fingerprint density at radius 3 is 0.812 bits per heavy atom. The highest BCUT2D eigenvalue weighted by atomic mass is 14.8. The molecule has 522 valence electrons. The van der Waals surface area contributed by atoms with E-state index in [4.69, 9.17) is 9.97 Å². The molecule has 0 radical (unpaired) electrons. The zero-order valence-corrected chi connectivity index (χ0v) is 60.4. The molecule has 0 saturated heterocycles. The number of hydrogen-bond acceptors (Lipinski definition) is 10. The van der Waals surface area contributed by atoms with Crippen LogP contribution in [0.25, 0.3) is 189 Å². The van der Waals surface area contributed by atoms with Crippen molar-refractivity contribution in [3.8, 4) is 169 Å². The van der Waals surface area contributed by atoms with Crippen molar-refractivity contribution in [3.05, 3.63) is 400 Å². The summed E-state index contributed by atoms with van der Waals surface area (Å²) in [5.41, 5.74) is 29.8. The van der Waals surface area contributed by atoms with Gasteiger partial charge in [0.15, 0.2) is 0 Å². The zero-order chi connectivity index (χ0) is 75.1. The third-order valence-electron chi connectivity index (χ3n) is 20.4. The van der Waals surface area contributed by atoms with E-state index in [-0.39, 0.29) is 0 Å². The van der Waals surface area contributed by atoms with Gasteiger partial charge in [0.25, 0.3) is 0 Å². The summed E-state index contributed by atoms with van der Waals surface area (Å²) >= 11 is 0. The van der Waals surface area contributed by atoms with E-state index in [2.05, 4.69) is 273 Å². The Morgan fingerprint density at radius 1 is 0.179 bits per heavy atom. The third-order valence-corrected chi connectivity index (χ3v) is 20.4. The molecule has 8 heterocycles. The van der Waals surface area contributed by atoms with Crippen LogP contribution in [-0.4, -0.2) is 39.9 Å². The van der Waals surface area contributed by atoms with Gasteiger partial charge in [0.1, 0.15) is 0 Å². The van der Waals surface area contributed by atoms with Gasteiger partial charge in [0.2, 0.25) is 0 Å². The SMILES string of the molecule is N#Cc1cc(-c2ccc(-c3cccc4cccnc34)cc2)cc(-c2ccc(-c3ccc(-c4cc(-c5ccccn5)nc(-c5ccccn5)c4)cc3)c3ccccc23)c1.N#Cc1cc(-c2ccc(-c3ccccn3)cc2)cc(-c2ccc(-c3ccc(-c4cc(-c5ccccn5)nc(-c5ccccn5)c4)cc3)c3ccccc23)c1. The maximum atomic E-state index is 10.2. The van der Waals surface area contributed by atoms with Crippen LogP contribution in [0.1, 0.15) is 11.1 Å². The van der Waals surface area contributed by atoms with Crippen molar-refractivity contribution in [1.82, 2.24) is 39.9 Å². The minimum atomic E-state index is 0.618. The average Bonchev–Trinajstić information content (AvgIpc) is 0.767. The van der Waals surface area contributed by atoms with E-state index in [1.54, 1.807) is 31.0 Å². The zero-order valence-electron chi connectivity index (χ0n) is 60.4. The largest absolute Gasteiger partial charge is 0.256 e. The fourth-order valence-corrected chi connectivity index (χ4v) is 14.8. The lowest BCUT2D eigenvalue weighted by Gasteiger charge is -2.14. The number of nitrogens with zero attached hydrogens (tertiary/aromatic N) is 10. The highest BCUT2D eigenvalue weighted by Crippen LogP contribution is 2.43.